The van der Waals surface area contributed by atoms with Gasteiger partial charge in [-0.3, -0.25) is 5.32 Å². The highest BCUT2D eigenvalue weighted by Crippen LogP contribution is 2.43. The van der Waals surface area contributed by atoms with E-state index in [1.54, 1.807) is 31.3 Å². The molecule has 3 heterocycles. The van der Waals surface area contributed by atoms with Crippen LogP contribution in [0.25, 0.3) is 0 Å². The lowest BCUT2D eigenvalue weighted by atomic mass is 9.92. The second kappa shape index (κ2) is 9.92. The monoisotopic (exact) mass is 490 g/mol. The van der Waals surface area contributed by atoms with Gasteiger partial charge in [-0.15, -0.1) is 0 Å². The van der Waals surface area contributed by atoms with E-state index in [1.165, 1.54) is 12.0 Å². The second-order valence-corrected chi connectivity index (χ2v) is 8.30. The number of hydrogen-bond donors (Lipinski definition) is 1. The third-order valence-electron chi connectivity index (χ3n) is 6.16. The largest absolute Gasteiger partial charge is 0.467 e. The predicted molar refractivity (Wildman–Crippen MR) is 116 cm³/mol. The van der Waals surface area contributed by atoms with Crippen LogP contribution >= 0.6 is 0 Å². The van der Waals surface area contributed by atoms with E-state index in [9.17, 15) is 19.2 Å². The quantitative estimate of drug-likeness (QED) is 0.347. The normalized spacial score (nSPS) is 29.5. The molecule has 3 fully saturated rings. The molecule has 188 valence electrons. The van der Waals surface area contributed by atoms with E-state index in [0.29, 0.717) is 0 Å². The molecule has 12 nitrogen and oxygen atoms in total. The first-order valence-corrected chi connectivity index (χ1v) is 10.9. The Morgan fingerprint density at radius 2 is 1.91 bits per heavy atom. The maximum absolute atomic E-state index is 12.9. The number of benzene rings is 1. The maximum Gasteiger partial charge on any atom is 0.412 e. The van der Waals surface area contributed by atoms with Crippen LogP contribution in [0.2, 0.25) is 0 Å². The Hall–Kier alpha value is -3.64. The summed E-state index contributed by atoms with van der Waals surface area (Å²) in [7, 11) is 3.86. The zero-order valence-corrected chi connectivity index (χ0v) is 19.4. The van der Waals surface area contributed by atoms with Crippen LogP contribution in [0, 0.1) is 0 Å². The van der Waals surface area contributed by atoms with Crippen LogP contribution in [0.5, 0.6) is 0 Å². The van der Waals surface area contributed by atoms with E-state index in [1.807, 2.05) is 6.07 Å². The molecule has 5 atom stereocenters. The number of likely N-dealkylation sites (N-methyl/N-ethyl adjacent to an activating group) is 1. The zero-order valence-electron chi connectivity index (χ0n) is 19.4. The maximum atomic E-state index is 12.9. The molecular formula is C23H26N2O10. The summed E-state index contributed by atoms with van der Waals surface area (Å²) in [5.74, 6) is -1.75. The molecule has 12 heteroatoms. The molecule has 3 aliphatic heterocycles. The molecule has 35 heavy (non-hydrogen) atoms. The van der Waals surface area contributed by atoms with Crippen LogP contribution in [-0.2, 0) is 44.6 Å². The van der Waals surface area contributed by atoms with Crippen molar-refractivity contribution >= 4 is 24.1 Å². The van der Waals surface area contributed by atoms with Gasteiger partial charge in [0.15, 0.2) is 5.60 Å². The molecule has 0 bridgehead atoms. The number of carbonyl (C=O) groups is 4. The van der Waals surface area contributed by atoms with Gasteiger partial charge in [0.25, 0.3) is 0 Å². The van der Waals surface area contributed by atoms with Gasteiger partial charge in [0.2, 0.25) is 0 Å². The summed E-state index contributed by atoms with van der Waals surface area (Å²) >= 11 is 0. The van der Waals surface area contributed by atoms with E-state index in [-0.39, 0.29) is 25.3 Å². The molecule has 4 rings (SSSR count). The van der Waals surface area contributed by atoms with E-state index in [0.717, 1.165) is 18.7 Å². The molecule has 0 aliphatic carbocycles. The number of carbonyl (C=O) groups excluding carboxylic acids is 4. The fourth-order valence-corrected chi connectivity index (χ4v) is 4.48. The minimum Gasteiger partial charge on any atom is -0.467 e. The lowest BCUT2D eigenvalue weighted by Crippen LogP contribution is -2.54. The van der Waals surface area contributed by atoms with Gasteiger partial charge in [-0.2, -0.15) is 0 Å². The van der Waals surface area contributed by atoms with Crippen LogP contribution in [0.4, 0.5) is 9.59 Å². The summed E-state index contributed by atoms with van der Waals surface area (Å²) < 4.78 is 32.1. The average molecular weight is 490 g/mol. The number of esters is 2. The van der Waals surface area contributed by atoms with Crippen LogP contribution in [0.3, 0.4) is 0 Å². The summed E-state index contributed by atoms with van der Waals surface area (Å²) in [5.41, 5.74) is -1.44. The molecule has 1 N–H and O–H groups in total. The molecule has 0 unspecified atom stereocenters. The van der Waals surface area contributed by atoms with Crippen molar-refractivity contribution in [1.29, 1.82) is 0 Å². The van der Waals surface area contributed by atoms with Crippen LogP contribution in [0.1, 0.15) is 12.0 Å². The van der Waals surface area contributed by atoms with E-state index >= 15 is 0 Å². The standard InChI is InChI=1S/C23H26N2O10/c1-25-17-16(34-22(25)29)12-32-15-10-23(20(27)31-3,35-18(15)17)9-14(19(26)30-2)24-21(28)33-11-13-7-5-4-6-8-13/h4-9,15-18H,10-12H2,1-3H3,(H,24,28)/b14-9-/t15-,16-,17-,18+,23-/m1/s1. The summed E-state index contributed by atoms with van der Waals surface area (Å²) in [6, 6.07) is 8.44. The number of fused-ring (bicyclic) bond motifs is 3. The third-order valence-corrected chi connectivity index (χ3v) is 6.16. The van der Waals surface area contributed by atoms with Gasteiger partial charge in [0.1, 0.15) is 30.6 Å². The van der Waals surface area contributed by atoms with Crippen molar-refractivity contribution in [3.05, 3.63) is 47.7 Å². The Morgan fingerprint density at radius 1 is 1.17 bits per heavy atom. The summed E-state index contributed by atoms with van der Waals surface area (Å²) in [4.78, 5) is 51.2. The molecule has 0 radical (unpaired) electrons. The van der Waals surface area contributed by atoms with Gasteiger partial charge in [-0.05, 0) is 11.6 Å². The van der Waals surface area contributed by atoms with Crippen molar-refractivity contribution in [2.24, 2.45) is 0 Å². The Kier molecular flexibility index (Phi) is 6.94. The van der Waals surface area contributed by atoms with Crippen molar-refractivity contribution in [1.82, 2.24) is 10.2 Å². The first kappa shape index (κ1) is 24.5. The Morgan fingerprint density at radius 3 is 2.60 bits per heavy atom. The SMILES string of the molecule is COC(=O)/C(=C/[C@]1(C(=O)OC)C[C@H]2OC[C@H]3OC(=O)N(C)[C@H]3[C@H]2O1)NC(=O)OCc1ccccc1. The van der Waals surface area contributed by atoms with Crippen molar-refractivity contribution in [2.45, 2.75) is 43.0 Å². The molecule has 0 aromatic heterocycles. The number of hydrogen-bond acceptors (Lipinski definition) is 10. The lowest BCUT2D eigenvalue weighted by Gasteiger charge is -2.35. The van der Waals surface area contributed by atoms with Crippen molar-refractivity contribution in [2.75, 3.05) is 27.9 Å². The smallest absolute Gasteiger partial charge is 0.412 e. The van der Waals surface area contributed by atoms with E-state index in [4.69, 9.17) is 28.4 Å². The molecule has 2 amide bonds. The Labute approximate surface area is 201 Å². The molecule has 1 aromatic carbocycles. The van der Waals surface area contributed by atoms with Gasteiger partial charge < -0.3 is 33.3 Å². The van der Waals surface area contributed by atoms with Crippen LogP contribution in [-0.4, -0.2) is 86.9 Å². The summed E-state index contributed by atoms with van der Waals surface area (Å²) in [6.07, 6.45) is -2.29. The predicted octanol–water partition coefficient (Wildman–Crippen LogP) is 0.888. The van der Waals surface area contributed by atoms with Crippen LogP contribution < -0.4 is 5.32 Å². The van der Waals surface area contributed by atoms with Gasteiger partial charge in [0, 0.05) is 13.5 Å². The number of alkyl carbamates (subject to hydrolysis) is 1. The first-order valence-electron chi connectivity index (χ1n) is 10.9. The van der Waals surface area contributed by atoms with Gasteiger partial charge in [0.05, 0.1) is 26.9 Å². The molecule has 1 aromatic rings. The third kappa shape index (κ3) is 4.80. The molecule has 3 saturated heterocycles. The average Bonchev–Trinajstić information content (AvgIpc) is 3.39. The fraction of sp³-hybridized carbons (Fsp3) is 0.478. The number of ether oxygens (including phenoxy) is 6. The Balaban J connectivity index is 1.58. The van der Waals surface area contributed by atoms with Gasteiger partial charge in [-0.1, -0.05) is 30.3 Å². The van der Waals surface area contributed by atoms with E-state index < -0.39 is 54.1 Å². The highest BCUT2D eigenvalue weighted by atomic mass is 16.6. The second-order valence-electron chi connectivity index (χ2n) is 8.30. The van der Waals surface area contributed by atoms with Crippen molar-refractivity contribution < 1.29 is 47.6 Å². The minimum absolute atomic E-state index is 0.0309. The number of methoxy groups -OCH3 is 2. The number of amides is 2. The molecule has 0 saturated carbocycles. The highest BCUT2D eigenvalue weighted by molar-refractivity contribution is 5.94. The van der Waals surface area contributed by atoms with Gasteiger partial charge in [-0.25, -0.2) is 19.2 Å². The van der Waals surface area contributed by atoms with E-state index in [2.05, 4.69) is 5.32 Å². The lowest BCUT2D eigenvalue weighted by molar-refractivity contribution is -0.168. The number of nitrogens with zero attached hydrogens (tertiary/aromatic N) is 1. The minimum atomic E-state index is -1.80. The van der Waals surface area contributed by atoms with Crippen molar-refractivity contribution in [3.8, 4) is 0 Å². The molecule has 3 aliphatic rings. The fourth-order valence-electron chi connectivity index (χ4n) is 4.48. The van der Waals surface area contributed by atoms with Gasteiger partial charge >= 0.3 is 24.1 Å². The zero-order chi connectivity index (χ0) is 25.2. The first-order chi connectivity index (χ1) is 16.8. The summed E-state index contributed by atoms with van der Waals surface area (Å²) in [6.45, 7) is 0.0847. The molecular weight excluding hydrogens is 464 g/mol. The number of nitrogens with one attached hydrogen (secondary N) is 1. The molecule has 0 spiro atoms. The summed E-state index contributed by atoms with van der Waals surface area (Å²) in [5, 5.41) is 2.32. The number of rotatable bonds is 6. The highest BCUT2D eigenvalue weighted by Gasteiger charge is 2.61. The van der Waals surface area contributed by atoms with Crippen LogP contribution in [0.15, 0.2) is 42.1 Å². The van der Waals surface area contributed by atoms with Crippen molar-refractivity contribution in [3.63, 3.8) is 0 Å². The Bertz CT molecular complexity index is 1030. The topological polar surface area (TPSA) is 139 Å².